The summed E-state index contributed by atoms with van der Waals surface area (Å²) in [6, 6.07) is 69.0. The Balaban J connectivity index is 0.00000117. The molecule has 0 radical (unpaired) electrons. The Hall–Kier alpha value is -5.66. The predicted octanol–water partition coefficient (Wildman–Crippen LogP) is 9.54. The van der Waals surface area contributed by atoms with Crippen LogP contribution in [0.4, 0.5) is 17.1 Å². The summed E-state index contributed by atoms with van der Waals surface area (Å²) in [5.74, 6) is 2.25. The molecule has 0 N–H and O–H groups in total. The second-order valence-electron chi connectivity index (χ2n) is 11.6. The standard InChI is InChI=1S/C42H31NSSi.C3H4/c1-5-15-32(16-6-1)43(34-27-30-40-39-23-13-14-24-41(39)44-42(40)31-34)33-25-28-38(29-26-33)45(35-17-7-2-8-18-35,36-19-9-3-10-20-36)37-21-11-4-12-22-37;1-3-2/h1-31H;1H,2H3. The molecular weight excluding hydrogens is 615 g/mol. The van der Waals surface area contributed by atoms with Crippen LogP contribution in [-0.4, -0.2) is 8.07 Å². The van der Waals surface area contributed by atoms with E-state index >= 15 is 0 Å². The molecule has 0 bridgehead atoms. The van der Waals surface area contributed by atoms with Gasteiger partial charge in [-0.05, 0) is 70.1 Å². The van der Waals surface area contributed by atoms with Gasteiger partial charge in [-0.2, -0.15) is 0 Å². The highest BCUT2D eigenvalue weighted by atomic mass is 32.1. The number of thiophene rings is 1. The molecule has 8 aromatic rings. The van der Waals surface area contributed by atoms with Crippen LogP contribution in [-0.2, 0) is 0 Å². The molecule has 0 unspecified atom stereocenters. The molecule has 0 fully saturated rings. The van der Waals surface area contributed by atoms with Crippen LogP contribution in [0, 0.1) is 12.3 Å². The SMILES string of the molecule is C#CC.c1ccc(N(c2ccc([Si](c3ccccc3)(c3ccccc3)c3ccccc3)cc2)c2ccc3c(c2)sc2ccccc23)cc1. The topological polar surface area (TPSA) is 3.24 Å². The molecule has 8 rings (SSSR count). The maximum Gasteiger partial charge on any atom is 0.179 e. The lowest BCUT2D eigenvalue weighted by atomic mass is 10.1. The highest BCUT2D eigenvalue weighted by Crippen LogP contribution is 2.40. The summed E-state index contributed by atoms with van der Waals surface area (Å²) >= 11 is 1.86. The molecule has 0 spiro atoms. The molecule has 7 aromatic carbocycles. The second kappa shape index (κ2) is 14.0. The number of hydrogen-bond donors (Lipinski definition) is 0. The van der Waals surface area contributed by atoms with Crippen LogP contribution < -0.4 is 25.6 Å². The fourth-order valence-corrected chi connectivity index (χ4v) is 12.7. The summed E-state index contributed by atoms with van der Waals surface area (Å²) in [6.07, 6.45) is 4.60. The number of rotatable bonds is 7. The summed E-state index contributed by atoms with van der Waals surface area (Å²) in [5.41, 5.74) is 3.44. The maximum absolute atomic E-state index is 4.60. The number of fused-ring (bicyclic) bond motifs is 3. The van der Waals surface area contributed by atoms with E-state index in [4.69, 9.17) is 0 Å². The minimum atomic E-state index is -2.59. The Morgan fingerprint density at radius 3 is 1.38 bits per heavy atom. The molecule has 0 saturated heterocycles. The smallest absolute Gasteiger partial charge is 0.179 e. The van der Waals surface area contributed by atoms with E-state index in [9.17, 15) is 0 Å². The molecule has 1 aromatic heterocycles. The van der Waals surface area contributed by atoms with Crippen LogP contribution >= 0.6 is 11.3 Å². The molecule has 1 nitrogen and oxygen atoms in total. The number of hydrogen-bond acceptors (Lipinski definition) is 2. The van der Waals surface area contributed by atoms with Crippen molar-refractivity contribution in [2.75, 3.05) is 4.90 Å². The first kappa shape index (κ1) is 31.0. The average Bonchev–Trinajstić information content (AvgIpc) is 3.53. The highest BCUT2D eigenvalue weighted by molar-refractivity contribution is 7.25. The van der Waals surface area contributed by atoms with Crippen molar-refractivity contribution in [1.82, 2.24) is 0 Å². The summed E-state index contributed by atoms with van der Waals surface area (Å²) in [6.45, 7) is 1.65. The first-order valence-corrected chi connectivity index (χ1v) is 19.0. The van der Waals surface area contributed by atoms with Gasteiger partial charge in [0.15, 0.2) is 8.07 Å². The number of terminal acetylenes is 1. The van der Waals surface area contributed by atoms with Crippen LogP contribution in [0.5, 0.6) is 0 Å². The normalized spacial score (nSPS) is 11.0. The van der Waals surface area contributed by atoms with E-state index in [0.717, 1.165) is 17.1 Å². The second-order valence-corrected chi connectivity index (χ2v) is 16.5. The number of benzene rings is 7. The van der Waals surface area contributed by atoms with Crippen molar-refractivity contribution in [2.24, 2.45) is 0 Å². The zero-order valence-corrected chi connectivity index (χ0v) is 28.6. The van der Waals surface area contributed by atoms with E-state index in [1.807, 2.05) is 11.3 Å². The molecule has 0 aliphatic carbocycles. The fraction of sp³-hybridized carbons (Fsp3) is 0.0222. The molecule has 0 amide bonds. The van der Waals surface area contributed by atoms with Gasteiger partial charge in [-0.1, -0.05) is 146 Å². The van der Waals surface area contributed by atoms with Gasteiger partial charge < -0.3 is 4.90 Å². The lowest BCUT2D eigenvalue weighted by molar-refractivity contribution is 1.29. The van der Waals surface area contributed by atoms with Crippen molar-refractivity contribution in [3.05, 3.63) is 188 Å². The summed E-state index contributed by atoms with van der Waals surface area (Å²) in [5, 5.41) is 8.14. The van der Waals surface area contributed by atoms with Gasteiger partial charge in [0.2, 0.25) is 0 Å². The van der Waals surface area contributed by atoms with Crippen molar-refractivity contribution >= 4 is 77.4 Å². The van der Waals surface area contributed by atoms with Crippen LogP contribution in [0.2, 0.25) is 0 Å². The Kier molecular flexibility index (Phi) is 9.02. The fourth-order valence-electron chi connectivity index (χ4n) is 6.80. The van der Waals surface area contributed by atoms with Gasteiger partial charge in [0.1, 0.15) is 0 Å². The zero-order valence-electron chi connectivity index (χ0n) is 26.8. The van der Waals surface area contributed by atoms with Crippen molar-refractivity contribution < 1.29 is 0 Å². The summed E-state index contributed by atoms with van der Waals surface area (Å²) in [4.78, 5) is 2.38. The average molecular weight is 650 g/mol. The van der Waals surface area contributed by atoms with Gasteiger partial charge in [0.05, 0.1) is 0 Å². The zero-order chi connectivity index (χ0) is 32.8. The highest BCUT2D eigenvalue weighted by Gasteiger charge is 2.41. The molecule has 1 heterocycles. The van der Waals surface area contributed by atoms with Crippen LogP contribution in [0.3, 0.4) is 0 Å². The lowest BCUT2D eigenvalue weighted by Gasteiger charge is -2.35. The largest absolute Gasteiger partial charge is 0.310 e. The van der Waals surface area contributed by atoms with Gasteiger partial charge in [-0.25, -0.2) is 0 Å². The minimum Gasteiger partial charge on any atom is -0.310 e. The molecule has 0 saturated carbocycles. The van der Waals surface area contributed by atoms with E-state index in [1.54, 1.807) is 6.92 Å². The predicted molar refractivity (Wildman–Crippen MR) is 212 cm³/mol. The first-order valence-electron chi connectivity index (χ1n) is 16.1. The molecule has 0 atom stereocenters. The number of anilines is 3. The number of para-hydroxylation sites is 1. The number of nitrogens with zero attached hydrogens (tertiary/aromatic N) is 1. The first-order chi connectivity index (χ1) is 23.7. The monoisotopic (exact) mass is 649 g/mol. The molecule has 3 heteroatoms. The van der Waals surface area contributed by atoms with Gasteiger partial charge in [0, 0.05) is 37.2 Å². The molecule has 230 valence electrons. The van der Waals surface area contributed by atoms with E-state index in [2.05, 4.69) is 205 Å². The minimum absolute atomic E-state index is 1.14. The van der Waals surface area contributed by atoms with E-state index < -0.39 is 8.07 Å². The Morgan fingerprint density at radius 1 is 0.438 bits per heavy atom. The lowest BCUT2D eigenvalue weighted by Crippen LogP contribution is -2.74. The molecule has 0 aliphatic heterocycles. The molecular formula is C45H35NSSi. The summed E-state index contributed by atoms with van der Waals surface area (Å²) < 4.78 is 2.62. The van der Waals surface area contributed by atoms with Gasteiger partial charge in [0.25, 0.3) is 0 Å². The van der Waals surface area contributed by atoms with Gasteiger partial charge in [-0.15, -0.1) is 23.7 Å². The summed E-state index contributed by atoms with van der Waals surface area (Å²) in [7, 11) is -2.59. The van der Waals surface area contributed by atoms with E-state index in [0.29, 0.717) is 0 Å². The van der Waals surface area contributed by atoms with E-state index in [1.165, 1.54) is 40.9 Å². The van der Waals surface area contributed by atoms with Gasteiger partial charge in [-0.3, -0.25) is 0 Å². The van der Waals surface area contributed by atoms with Gasteiger partial charge >= 0.3 is 0 Å². The van der Waals surface area contributed by atoms with Crippen LogP contribution in [0.25, 0.3) is 20.2 Å². The van der Waals surface area contributed by atoms with Crippen molar-refractivity contribution in [3.8, 4) is 12.3 Å². The van der Waals surface area contributed by atoms with Crippen molar-refractivity contribution in [1.29, 1.82) is 0 Å². The van der Waals surface area contributed by atoms with Crippen LogP contribution in [0.1, 0.15) is 6.92 Å². The van der Waals surface area contributed by atoms with Crippen LogP contribution in [0.15, 0.2) is 188 Å². The van der Waals surface area contributed by atoms with Crippen molar-refractivity contribution in [2.45, 2.75) is 6.92 Å². The van der Waals surface area contributed by atoms with E-state index in [-0.39, 0.29) is 0 Å². The maximum atomic E-state index is 4.60. The third-order valence-corrected chi connectivity index (χ3v) is 14.7. The Bertz CT molecular complexity index is 2190. The molecule has 0 aliphatic rings. The Labute approximate surface area is 288 Å². The third kappa shape index (κ3) is 5.73. The van der Waals surface area contributed by atoms with Crippen molar-refractivity contribution in [3.63, 3.8) is 0 Å². The molecule has 48 heavy (non-hydrogen) atoms. The quantitative estimate of drug-likeness (QED) is 0.0945. The third-order valence-electron chi connectivity index (χ3n) is 8.81. The Morgan fingerprint density at radius 2 is 0.833 bits per heavy atom.